The molecule has 4 nitrogen and oxygen atoms in total. The van der Waals surface area contributed by atoms with Crippen molar-refractivity contribution >= 4 is 5.95 Å². The highest BCUT2D eigenvalue weighted by atomic mass is 16.3. The van der Waals surface area contributed by atoms with Crippen LogP contribution in [0.3, 0.4) is 0 Å². The third kappa shape index (κ3) is 2.59. The standard InChI is InChI=1S/C15H23N3O/c1-11-14(10-19)8-16-15(17-11)18-7-6-12-4-2-3-5-13(12)9-18/h8,12-13,19H,2-7,9-10H2,1H3. The summed E-state index contributed by atoms with van der Waals surface area (Å²) in [6.45, 7) is 4.17. The van der Waals surface area contributed by atoms with E-state index in [9.17, 15) is 5.11 Å². The van der Waals surface area contributed by atoms with Crippen LogP contribution >= 0.6 is 0 Å². The molecule has 0 radical (unpaired) electrons. The summed E-state index contributed by atoms with van der Waals surface area (Å²) < 4.78 is 0. The molecule has 0 aromatic carbocycles. The zero-order valence-corrected chi connectivity index (χ0v) is 11.7. The van der Waals surface area contributed by atoms with Crippen molar-refractivity contribution < 1.29 is 5.11 Å². The first kappa shape index (κ1) is 12.9. The number of aliphatic hydroxyl groups excluding tert-OH is 1. The molecule has 1 aliphatic carbocycles. The molecule has 3 rings (SSSR count). The number of aryl methyl sites for hydroxylation is 1. The maximum absolute atomic E-state index is 9.18. The van der Waals surface area contributed by atoms with Crippen LogP contribution in [0.1, 0.15) is 43.4 Å². The Morgan fingerprint density at radius 1 is 1.26 bits per heavy atom. The van der Waals surface area contributed by atoms with Crippen molar-refractivity contribution in [2.24, 2.45) is 11.8 Å². The van der Waals surface area contributed by atoms with Crippen LogP contribution in [0.5, 0.6) is 0 Å². The minimum Gasteiger partial charge on any atom is -0.392 e. The number of anilines is 1. The first-order valence-electron chi connectivity index (χ1n) is 7.46. The molecule has 2 fully saturated rings. The molecule has 2 unspecified atom stereocenters. The zero-order valence-electron chi connectivity index (χ0n) is 11.7. The Bertz CT molecular complexity index is 449. The van der Waals surface area contributed by atoms with E-state index in [-0.39, 0.29) is 6.61 Å². The number of rotatable bonds is 2. The minimum atomic E-state index is 0.0246. The molecule has 0 spiro atoms. The highest BCUT2D eigenvalue weighted by Crippen LogP contribution is 2.36. The van der Waals surface area contributed by atoms with Crippen LogP contribution in [0.4, 0.5) is 5.95 Å². The van der Waals surface area contributed by atoms with Crippen molar-refractivity contribution in [3.63, 3.8) is 0 Å². The largest absolute Gasteiger partial charge is 0.392 e. The van der Waals surface area contributed by atoms with Crippen LogP contribution in [0, 0.1) is 18.8 Å². The van der Waals surface area contributed by atoms with Crippen LogP contribution < -0.4 is 4.90 Å². The molecule has 0 bridgehead atoms. The van der Waals surface area contributed by atoms with E-state index in [2.05, 4.69) is 14.9 Å². The van der Waals surface area contributed by atoms with E-state index < -0.39 is 0 Å². The molecule has 1 N–H and O–H groups in total. The van der Waals surface area contributed by atoms with Gasteiger partial charge in [-0.05, 0) is 31.6 Å². The lowest BCUT2D eigenvalue weighted by Gasteiger charge is -2.41. The summed E-state index contributed by atoms with van der Waals surface area (Å²) in [5, 5.41) is 9.18. The van der Waals surface area contributed by atoms with Crippen LogP contribution in [-0.4, -0.2) is 28.2 Å². The fourth-order valence-corrected chi connectivity index (χ4v) is 3.57. The van der Waals surface area contributed by atoms with Crippen molar-refractivity contribution in [1.29, 1.82) is 0 Å². The van der Waals surface area contributed by atoms with Gasteiger partial charge in [-0.2, -0.15) is 0 Å². The molecular formula is C15H23N3O. The van der Waals surface area contributed by atoms with Gasteiger partial charge in [0.15, 0.2) is 0 Å². The summed E-state index contributed by atoms with van der Waals surface area (Å²) in [6.07, 6.45) is 8.65. The number of piperidine rings is 1. The summed E-state index contributed by atoms with van der Waals surface area (Å²) >= 11 is 0. The highest BCUT2D eigenvalue weighted by molar-refractivity contribution is 5.33. The molecule has 1 aromatic heterocycles. The smallest absolute Gasteiger partial charge is 0.225 e. The summed E-state index contributed by atoms with van der Waals surface area (Å²) in [4.78, 5) is 11.3. The van der Waals surface area contributed by atoms with E-state index in [1.165, 1.54) is 32.1 Å². The van der Waals surface area contributed by atoms with Crippen molar-refractivity contribution in [2.45, 2.75) is 45.6 Å². The Morgan fingerprint density at radius 2 is 2.05 bits per heavy atom. The number of aliphatic hydroxyl groups is 1. The van der Waals surface area contributed by atoms with Crippen molar-refractivity contribution in [3.8, 4) is 0 Å². The number of fused-ring (bicyclic) bond motifs is 1. The number of hydrogen-bond donors (Lipinski definition) is 1. The quantitative estimate of drug-likeness (QED) is 0.887. The SMILES string of the molecule is Cc1nc(N2CCC3CCCCC3C2)ncc1CO. The van der Waals surface area contributed by atoms with Crippen molar-refractivity contribution in [3.05, 3.63) is 17.5 Å². The van der Waals surface area contributed by atoms with E-state index >= 15 is 0 Å². The third-order valence-electron chi connectivity index (χ3n) is 4.81. The Balaban J connectivity index is 1.74. The van der Waals surface area contributed by atoms with Crippen molar-refractivity contribution in [2.75, 3.05) is 18.0 Å². The predicted molar refractivity (Wildman–Crippen MR) is 75.0 cm³/mol. The molecule has 1 saturated carbocycles. The minimum absolute atomic E-state index is 0.0246. The summed E-state index contributed by atoms with van der Waals surface area (Å²) in [6, 6.07) is 0. The van der Waals surface area contributed by atoms with Crippen LogP contribution in [0.25, 0.3) is 0 Å². The molecule has 2 atom stereocenters. The maximum atomic E-state index is 9.18. The van der Waals surface area contributed by atoms with Gasteiger partial charge in [0.1, 0.15) is 0 Å². The van der Waals surface area contributed by atoms with Crippen molar-refractivity contribution in [1.82, 2.24) is 9.97 Å². The van der Waals surface area contributed by atoms with E-state index in [4.69, 9.17) is 0 Å². The Labute approximate surface area is 114 Å². The molecule has 1 saturated heterocycles. The lowest BCUT2D eigenvalue weighted by atomic mass is 9.75. The maximum Gasteiger partial charge on any atom is 0.225 e. The molecule has 2 heterocycles. The topological polar surface area (TPSA) is 49.2 Å². The average molecular weight is 261 g/mol. The molecule has 1 aromatic rings. The van der Waals surface area contributed by atoms with Gasteiger partial charge in [-0.3, -0.25) is 0 Å². The number of hydrogen-bond acceptors (Lipinski definition) is 4. The number of nitrogens with zero attached hydrogens (tertiary/aromatic N) is 3. The van der Waals surface area contributed by atoms with E-state index in [0.29, 0.717) is 0 Å². The normalized spacial score (nSPS) is 27.2. The molecule has 2 aliphatic rings. The lowest BCUT2D eigenvalue weighted by molar-refractivity contribution is 0.201. The lowest BCUT2D eigenvalue weighted by Crippen LogP contribution is -2.42. The van der Waals surface area contributed by atoms with Crippen LogP contribution in [-0.2, 0) is 6.61 Å². The third-order valence-corrected chi connectivity index (χ3v) is 4.81. The van der Waals surface area contributed by atoms with E-state index in [0.717, 1.165) is 42.1 Å². The Morgan fingerprint density at radius 3 is 2.79 bits per heavy atom. The Kier molecular flexibility index (Phi) is 3.69. The fourth-order valence-electron chi connectivity index (χ4n) is 3.57. The fraction of sp³-hybridized carbons (Fsp3) is 0.733. The van der Waals surface area contributed by atoms with Crippen LogP contribution in [0.15, 0.2) is 6.20 Å². The van der Waals surface area contributed by atoms with Gasteiger partial charge in [0.05, 0.1) is 6.61 Å². The number of aromatic nitrogens is 2. The summed E-state index contributed by atoms with van der Waals surface area (Å²) in [5.41, 5.74) is 1.73. The van der Waals surface area contributed by atoms with Gasteiger partial charge in [-0.25, -0.2) is 9.97 Å². The molecule has 1 aliphatic heterocycles. The molecule has 19 heavy (non-hydrogen) atoms. The predicted octanol–water partition coefficient (Wildman–Crippen LogP) is 2.29. The summed E-state index contributed by atoms with van der Waals surface area (Å²) in [7, 11) is 0. The second kappa shape index (κ2) is 5.45. The second-order valence-electron chi connectivity index (χ2n) is 5.98. The van der Waals surface area contributed by atoms with Gasteiger partial charge >= 0.3 is 0 Å². The van der Waals surface area contributed by atoms with Gasteiger partial charge < -0.3 is 10.0 Å². The van der Waals surface area contributed by atoms with Gasteiger partial charge in [0.25, 0.3) is 0 Å². The molecule has 4 heteroatoms. The van der Waals surface area contributed by atoms with E-state index in [1.807, 2.05) is 6.92 Å². The average Bonchev–Trinajstić information content (AvgIpc) is 2.46. The van der Waals surface area contributed by atoms with Gasteiger partial charge in [0.2, 0.25) is 5.95 Å². The highest BCUT2D eigenvalue weighted by Gasteiger charge is 2.31. The molecule has 0 amide bonds. The van der Waals surface area contributed by atoms with Crippen LogP contribution in [0.2, 0.25) is 0 Å². The monoisotopic (exact) mass is 261 g/mol. The molecule has 104 valence electrons. The van der Waals surface area contributed by atoms with Gasteiger partial charge in [-0.15, -0.1) is 0 Å². The van der Waals surface area contributed by atoms with Gasteiger partial charge in [-0.1, -0.05) is 19.3 Å². The first-order chi connectivity index (χ1) is 9.28. The Hall–Kier alpha value is -1.16. The summed E-state index contributed by atoms with van der Waals surface area (Å²) in [5.74, 6) is 2.62. The second-order valence-corrected chi connectivity index (χ2v) is 5.98. The van der Waals surface area contributed by atoms with E-state index in [1.54, 1.807) is 6.20 Å². The zero-order chi connectivity index (χ0) is 13.2. The molecular weight excluding hydrogens is 238 g/mol. The first-order valence-corrected chi connectivity index (χ1v) is 7.46. The van der Waals surface area contributed by atoms with Gasteiger partial charge in [0, 0.05) is 30.5 Å².